The van der Waals surface area contributed by atoms with Gasteiger partial charge >= 0.3 is 0 Å². The van der Waals surface area contributed by atoms with E-state index in [1.165, 1.54) is 6.39 Å². The molecule has 0 amide bonds. The number of aromatic amines is 1. The third-order valence-corrected chi connectivity index (χ3v) is 2.64. The average Bonchev–Trinajstić information content (AvgIpc) is 3.10. The van der Waals surface area contributed by atoms with E-state index in [9.17, 15) is 0 Å². The van der Waals surface area contributed by atoms with E-state index in [1.54, 1.807) is 0 Å². The molecule has 1 aromatic carbocycles. The Kier molecular flexibility index (Phi) is 2.79. The average molecular weight is 240 g/mol. The Morgan fingerprint density at radius 1 is 1.17 bits per heavy atom. The highest BCUT2D eigenvalue weighted by molar-refractivity contribution is 5.58. The van der Waals surface area contributed by atoms with Crippen molar-refractivity contribution in [3.05, 3.63) is 54.7 Å². The van der Waals surface area contributed by atoms with Gasteiger partial charge in [0.25, 0.3) is 0 Å². The van der Waals surface area contributed by atoms with Crippen LogP contribution in [-0.2, 0) is 6.54 Å². The van der Waals surface area contributed by atoms with Crippen LogP contribution in [0.3, 0.4) is 0 Å². The molecule has 0 saturated heterocycles. The number of nitrogens with one attached hydrogen (secondary N) is 2. The van der Waals surface area contributed by atoms with Crippen molar-refractivity contribution in [2.75, 3.05) is 5.32 Å². The van der Waals surface area contributed by atoms with E-state index in [4.69, 9.17) is 4.42 Å². The Morgan fingerprint density at radius 2 is 2.06 bits per heavy atom. The minimum Gasteiger partial charge on any atom is -0.423 e. The van der Waals surface area contributed by atoms with Crippen LogP contribution in [0.2, 0.25) is 0 Å². The summed E-state index contributed by atoms with van der Waals surface area (Å²) in [6.45, 7) is 0.771. The maximum atomic E-state index is 5.13. The van der Waals surface area contributed by atoms with E-state index >= 15 is 0 Å². The molecule has 2 N–H and O–H groups in total. The highest BCUT2D eigenvalue weighted by atomic mass is 16.4. The molecule has 5 nitrogen and oxygen atoms in total. The number of hydrogen-bond donors (Lipinski definition) is 2. The summed E-state index contributed by atoms with van der Waals surface area (Å²) < 4.78 is 5.13. The largest absolute Gasteiger partial charge is 0.423 e. The SMILES string of the molecule is c1c[nH]c(CNc2ccc(-c3nnco3)cc2)c1. The molecule has 0 aliphatic rings. The lowest BCUT2D eigenvalue weighted by Gasteiger charge is -2.05. The second-order valence-electron chi connectivity index (χ2n) is 3.87. The molecule has 0 fully saturated rings. The van der Waals surface area contributed by atoms with E-state index in [-0.39, 0.29) is 0 Å². The molecular formula is C13H12N4O. The van der Waals surface area contributed by atoms with Crippen molar-refractivity contribution < 1.29 is 4.42 Å². The van der Waals surface area contributed by atoms with Crippen LogP contribution in [-0.4, -0.2) is 15.2 Å². The lowest BCUT2D eigenvalue weighted by atomic mass is 10.2. The standard InChI is InChI=1S/C13H12N4O/c1-2-12(14-7-1)8-15-11-5-3-10(4-6-11)13-17-16-9-18-13/h1-7,9,14-15H,8H2. The molecule has 0 aliphatic heterocycles. The fourth-order valence-electron chi connectivity index (χ4n) is 1.70. The number of anilines is 1. The Balaban J connectivity index is 1.68. The lowest BCUT2D eigenvalue weighted by Crippen LogP contribution is -1.99. The van der Waals surface area contributed by atoms with Gasteiger partial charge in [0.1, 0.15) is 0 Å². The van der Waals surface area contributed by atoms with Crippen molar-refractivity contribution >= 4 is 5.69 Å². The summed E-state index contributed by atoms with van der Waals surface area (Å²) in [5.41, 5.74) is 3.11. The molecule has 0 radical (unpaired) electrons. The number of aromatic nitrogens is 3. The predicted octanol–water partition coefficient (Wildman–Crippen LogP) is 2.68. The second-order valence-corrected chi connectivity index (χ2v) is 3.87. The van der Waals surface area contributed by atoms with Crippen LogP contribution in [0.5, 0.6) is 0 Å². The summed E-state index contributed by atoms with van der Waals surface area (Å²) in [6, 6.07) is 11.9. The van der Waals surface area contributed by atoms with Crippen LogP contribution < -0.4 is 5.32 Å². The van der Waals surface area contributed by atoms with Gasteiger partial charge in [-0.15, -0.1) is 10.2 Å². The van der Waals surface area contributed by atoms with Gasteiger partial charge in [-0.3, -0.25) is 0 Å². The van der Waals surface area contributed by atoms with Crippen LogP contribution in [0.15, 0.2) is 53.4 Å². The van der Waals surface area contributed by atoms with Crippen LogP contribution in [0.1, 0.15) is 5.69 Å². The van der Waals surface area contributed by atoms with Gasteiger partial charge in [0.2, 0.25) is 12.3 Å². The van der Waals surface area contributed by atoms with E-state index in [1.807, 2.05) is 42.6 Å². The Morgan fingerprint density at radius 3 is 2.72 bits per heavy atom. The summed E-state index contributed by atoms with van der Waals surface area (Å²) in [5, 5.41) is 10.8. The van der Waals surface area contributed by atoms with E-state index in [0.717, 1.165) is 23.5 Å². The maximum absolute atomic E-state index is 5.13. The quantitative estimate of drug-likeness (QED) is 0.735. The Labute approximate surface area is 104 Å². The van der Waals surface area contributed by atoms with E-state index in [2.05, 4.69) is 20.5 Å². The summed E-state index contributed by atoms with van der Waals surface area (Å²) in [4.78, 5) is 3.15. The van der Waals surface area contributed by atoms with Gasteiger partial charge in [-0.05, 0) is 36.4 Å². The van der Waals surface area contributed by atoms with Gasteiger partial charge in [-0.2, -0.15) is 0 Å². The van der Waals surface area contributed by atoms with Gasteiger partial charge in [-0.25, -0.2) is 0 Å². The molecule has 18 heavy (non-hydrogen) atoms. The first kappa shape index (κ1) is 10.6. The molecule has 0 aliphatic carbocycles. The monoisotopic (exact) mass is 240 g/mol. The molecule has 0 bridgehead atoms. The molecule has 2 heterocycles. The number of H-pyrrole nitrogens is 1. The first-order valence-corrected chi connectivity index (χ1v) is 5.64. The summed E-state index contributed by atoms with van der Waals surface area (Å²) in [7, 11) is 0. The molecule has 3 aromatic rings. The third kappa shape index (κ3) is 2.24. The molecule has 2 aromatic heterocycles. The van der Waals surface area contributed by atoms with Crippen LogP contribution >= 0.6 is 0 Å². The van der Waals surface area contributed by atoms with Crippen molar-refractivity contribution in [2.24, 2.45) is 0 Å². The predicted molar refractivity (Wildman–Crippen MR) is 67.9 cm³/mol. The molecule has 5 heteroatoms. The van der Waals surface area contributed by atoms with Crippen molar-refractivity contribution in [1.29, 1.82) is 0 Å². The smallest absolute Gasteiger partial charge is 0.247 e. The lowest BCUT2D eigenvalue weighted by molar-refractivity contribution is 0.568. The zero-order valence-electron chi connectivity index (χ0n) is 9.63. The Hall–Kier alpha value is -2.56. The fraction of sp³-hybridized carbons (Fsp3) is 0.0769. The summed E-state index contributed by atoms with van der Waals surface area (Å²) in [5.74, 6) is 0.533. The molecule has 90 valence electrons. The zero-order valence-corrected chi connectivity index (χ0v) is 9.63. The van der Waals surface area contributed by atoms with Gasteiger partial charge < -0.3 is 14.7 Å². The molecular weight excluding hydrogens is 228 g/mol. The maximum Gasteiger partial charge on any atom is 0.247 e. The highest BCUT2D eigenvalue weighted by Gasteiger charge is 2.02. The van der Waals surface area contributed by atoms with E-state index < -0.39 is 0 Å². The van der Waals surface area contributed by atoms with Crippen molar-refractivity contribution in [1.82, 2.24) is 15.2 Å². The van der Waals surface area contributed by atoms with Crippen LogP contribution in [0.4, 0.5) is 5.69 Å². The first-order chi connectivity index (χ1) is 8.92. The second kappa shape index (κ2) is 4.75. The van der Waals surface area contributed by atoms with E-state index in [0.29, 0.717) is 5.89 Å². The fourth-order valence-corrected chi connectivity index (χ4v) is 1.70. The number of benzene rings is 1. The van der Waals surface area contributed by atoms with Crippen molar-refractivity contribution in [3.63, 3.8) is 0 Å². The molecule has 0 spiro atoms. The third-order valence-electron chi connectivity index (χ3n) is 2.64. The van der Waals surface area contributed by atoms with Gasteiger partial charge in [0.05, 0.1) is 6.54 Å². The summed E-state index contributed by atoms with van der Waals surface area (Å²) >= 11 is 0. The number of nitrogens with zero attached hydrogens (tertiary/aromatic N) is 2. The topological polar surface area (TPSA) is 66.7 Å². The number of hydrogen-bond acceptors (Lipinski definition) is 4. The molecule has 0 atom stereocenters. The van der Waals surface area contributed by atoms with Crippen LogP contribution in [0.25, 0.3) is 11.5 Å². The van der Waals surface area contributed by atoms with Gasteiger partial charge in [0.15, 0.2) is 0 Å². The Bertz CT molecular complexity index is 584. The summed E-state index contributed by atoms with van der Waals surface area (Å²) in [6.07, 6.45) is 3.24. The zero-order chi connectivity index (χ0) is 12.2. The van der Waals surface area contributed by atoms with Crippen LogP contribution in [0, 0.1) is 0 Å². The first-order valence-electron chi connectivity index (χ1n) is 5.64. The molecule has 3 rings (SSSR count). The molecule has 0 unspecified atom stereocenters. The van der Waals surface area contributed by atoms with Crippen molar-refractivity contribution in [3.8, 4) is 11.5 Å². The van der Waals surface area contributed by atoms with Gasteiger partial charge in [0, 0.05) is 23.1 Å². The highest BCUT2D eigenvalue weighted by Crippen LogP contribution is 2.19. The normalized spacial score (nSPS) is 10.4. The molecule has 0 saturated carbocycles. The van der Waals surface area contributed by atoms with Crippen molar-refractivity contribution in [2.45, 2.75) is 6.54 Å². The van der Waals surface area contributed by atoms with Gasteiger partial charge in [-0.1, -0.05) is 0 Å². The minimum atomic E-state index is 0.533. The number of rotatable bonds is 4. The minimum absolute atomic E-state index is 0.533.